The summed E-state index contributed by atoms with van der Waals surface area (Å²) in [7, 11) is 0. The van der Waals surface area contributed by atoms with Gasteiger partial charge in [-0.3, -0.25) is 24.0 Å². The number of thioether (sulfide) groups is 1. The first-order chi connectivity index (χ1) is 15.6. The van der Waals surface area contributed by atoms with Crippen molar-refractivity contribution in [3.8, 4) is 0 Å². The van der Waals surface area contributed by atoms with Crippen LogP contribution in [0.15, 0.2) is 11.3 Å². The number of nitrogens with zero attached hydrogens (tertiary/aromatic N) is 3. The fourth-order valence-corrected chi connectivity index (χ4v) is 5.52. The van der Waals surface area contributed by atoms with Crippen LogP contribution in [-0.2, 0) is 30.5 Å². The molecule has 14 heteroatoms. The maximum atomic E-state index is 13.2. The van der Waals surface area contributed by atoms with Gasteiger partial charge in [0.25, 0.3) is 12.3 Å². The number of carbonyl (C=O) groups excluding carboxylic acids is 3. The van der Waals surface area contributed by atoms with E-state index < -0.39 is 53.8 Å². The van der Waals surface area contributed by atoms with Crippen molar-refractivity contribution in [2.24, 2.45) is 0 Å². The van der Waals surface area contributed by atoms with E-state index in [4.69, 9.17) is 16.3 Å². The number of aromatic nitrogens is 2. The van der Waals surface area contributed by atoms with Crippen LogP contribution in [0.4, 0.5) is 8.78 Å². The van der Waals surface area contributed by atoms with Crippen molar-refractivity contribution in [1.82, 2.24) is 20.0 Å². The van der Waals surface area contributed by atoms with Gasteiger partial charge >= 0.3 is 11.9 Å². The van der Waals surface area contributed by atoms with E-state index in [0.29, 0.717) is 5.69 Å². The third-order valence-corrected chi connectivity index (χ3v) is 7.16. The van der Waals surface area contributed by atoms with E-state index in [0.717, 1.165) is 22.4 Å². The Morgan fingerprint density at radius 3 is 2.64 bits per heavy atom. The van der Waals surface area contributed by atoms with E-state index >= 15 is 0 Å². The highest BCUT2D eigenvalue weighted by Crippen LogP contribution is 2.45. The Kier molecular flexibility index (Phi) is 6.36. The van der Waals surface area contributed by atoms with Crippen LogP contribution in [0.25, 0.3) is 0 Å². The van der Waals surface area contributed by atoms with Gasteiger partial charge in [0.2, 0.25) is 5.91 Å². The molecule has 178 valence electrons. The lowest BCUT2D eigenvalue weighted by molar-refractivity contribution is -0.151. The van der Waals surface area contributed by atoms with Crippen LogP contribution in [0.1, 0.15) is 43.5 Å². The van der Waals surface area contributed by atoms with Crippen molar-refractivity contribution in [2.45, 2.75) is 50.1 Å². The Hall–Kier alpha value is -2.67. The zero-order valence-corrected chi connectivity index (χ0v) is 18.8. The van der Waals surface area contributed by atoms with Gasteiger partial charge in [0.1, 0.15) is 36.0 Å². The fourth-order valence-electron chi connectivity index (χ4n) is 3.82. The number of aliphatic carboxylic acids is 1. The minimum absolute atomic E-state index is 0.0427. The van der Waals surface area contributed by atoms with Gasteiger partial charge in [-0.2, -0.15) is 5.10 Å². The number of esters is 1. The minimum Gasteiger partial charge on any atom is -0.477 e. The molecular weight excluding hydrogens is 486 g/mol. The van der Waals surface area contributed by atoms with Gasteiger partial charge < -0.3 is 15.2 Å². The molecule has 1 saturated carbocycles. The summed E-state index contributed by atoms with van der Waals surface area (Å²) in [6, 6.07) is -0.989. The van der Waals surface area contributed by atoms with Crippen molar-refractivity contribution >= 4 is 47.1 Å². The molecular formula is C19H19ClF2N4O6S. The third kappa shape index (κ3) is 4.43. The molecule has 2 amide bonds. The van der Waals surface area contributed by atoms with E-state index in [9.17, 15) is 33.1 Å². The van der Waals surface area contributed by atoms with Crippen LogP contribution in [0.2, 0.25) is 5.02 Å². The van der Waals surface area contributed by atoms with Gasteiger partial charge in [-0.15, -0.1) is 11.8 Å². The average Bonchev–Trinajstić information content (AvgIpc) is 3.52. The topological polar surface area (TPSA) is 131 Å². The van der Waals surface area contributed by atoms with Gasteiger partial charge in [-0.05, 0) is 12.8 Å². The summed E-state index contributed by atoms with van der Waals surface area (Å²) in [5.41, 5.74) is -0.206. The van der Waals surface area contributed by atoms with Crippen molar-refractivity contribution in [3.05, 3.63) is 27.7 Å². The number of hydrogen-bond donors (Lipinski definition) is 2. The fraction of sp³-hybridized carbons (Fsp3) is 0.526. The third-order valence-electron chi connectivity index (χ3n) is 5.44. The molecule has 0 spiro atoms. The van der Waals surface area contributed by atoms with E-state index in [2.05, 4.69) is 10.4 Å². The number of rotatable bonds is 8. The van der Waals surface area contributed by atoms with Crippen molar-refractivity contribution in [3.63, 3.8) is 0 Å². The number of alkyl halides is 2. The lowest BCUT2D eigenvalue weighted by atomic mass is 10.0. The first-order valence-corrected chi connectivity index (χ1v) is 11.4. The number of carbonyl (C=O) groups is 4. The van der Waals surface area contributed by atoms with E-state index in [1.165, 1.54) is 18.7 Å². The molecule has 1 aromatic rings. The van der Waals surface area contributed by atoms with Crippen molar-refractivity contribution in [1.29, 1.82) is 0 Å². The maximum absolute atomic E-state index is 13.2. The first kappa shape index (κ1) is 23.5. The molecule has 3 aliphatic rings. The molecule has 2 N–H and O–H groups in total. The van der Waals surface area contributed by atoms with Crippen LogP contribution in [0, 0.1) is 0 Å². The predicted molar refractivity (Wildman–Crippen MR) is 110 cm³/mol. The molecule has 1 saturated heterocycles. The summed E-state index contributed by atoms with van der Waals surface area (Å²) in [6.07, 6.45) is -1.38. The van der Waals surface area contributed by atoms with E-state index in [-0.39, 0.29) is 34.6 Å². The highest BCUT2D eigenvalue weighted by molar-refractivity contribution is 8.00. The summed E-state index contributed by atoms with van der Waals surface area (Å²) in [5, 5.41) is 15.1. The van der Waals surface area contributed by atoms with Gasteiger partial charge in [-0.25, -0.2) is 13.6 Å². The lowest BCUT2D eigenvalue weighted by Gasteiger charge is -2.49. The largest absolute Gasteiger partial charge is 0.477 e. The summed E-state index contributed by atoms with van der Waals surface area (Å²) >= 11 is 7.27. The molecule has 10 nitrogen and oxygen atoms in total. The van der Waals surface area contributed by atoms with Crippen LogP contribution in [0.3, 0.4) is 0 Å². The van der Waals surface area contributed by atoms with E-state index in [1.807, 2.05) is 0 Å². The van der Waals surface area contributed by atoms with Crippen LogP contribution >= 0.6 is 23.4 Å². The first-order valence-electron chi connectivity index (χ1n) is 9.97. The molecule has 2 atom stereocenters. The number of halogens is 3. The molecule has 3 heterocycles. The standard InChI is InChI=1S/C19H19ClF2N4O6S/c1-7(27)32-5-9-6-33-18-13(17(29)26(18)15(9)19(30)31)23-10(28)4-25-14(8-2-3-8)11(20)12(24-25)16(21)22/h8,13,16,18H,2-6H2,1H3,(H,23,28)(H,30,31)/t13-,18+/m0/s1. The average molecular weight is 505 g/mol. The predicted octanol–water partition coefficient (Wildman–Crippen LogP) is 1.65. The molecule has 1 aromatic heterocycles. The van der Waals surface area contributed by atoms with Crippen LogP contribution < -0.4 is 5.32 Å². The quantitative estimate of drug-likeness (QED) is 0.403. The summed E-state index contributed by atoms with van der Waals surface area (Å²) in [4.78, 5) is 49.1. The smallest absolute Gasteiger partial charge is 0.352 e. The SMILES string of the molecule is CC(=O)OCC1=C(C(=O)O)N2C(=O)[C@H](NC(=O)Cn3nc(C(F)F)c(Cl)c3C3CC3)[C@H]2SC1. The summed E-state index contributed by atoms with van der Waals surface area (Å²) < 4.78 is 32.4. The maximum Gasteiger partial charge on any atom is 0.352 e. The number of hydrogen-bond acceptors (Lipinski definition) is 7. The summed E-state index contributed by atoms with van der Waals surface area (Å²) in [6.45, 7) is 0.526. The molecule has 0 radical (unpaired) electrons. The number of fused-ring (bicyclic) bond motifs is 1. The zero-order valence-electron chi connectivity index (χ0n) is 17.2. The number of ether oxygens (including phenoxy) is 1. The van der Waals surface area contributed by atoms with E-state index in [1.54, 1.807) is 0 Å². The van der Waals surface area contributed by atoms with Gasteiger partial charge in [0.15, 0.2) is 0 Å². The minimum atomic E-state index is -2.89. The Morgan fingerprint density at radius 1 is 1.36 bits per heavy atom. The number of β-lactam (4-membered cyclic amide) rings is 1. The monoisotopic (exact) mass is 504 g/mol. The highest BCUT2D eigenvalue weighted by Gasteiger charge is 2.54. The van der Waals surface area contributed by atoms with Crippen LogP contribution in [0.5, 0.6) is 0 Å². The summed E-state index contributed by atoms with van der Waals surface area (Å²) in [5.74, 6) is -3.05. The highest BCUT2D eigenvalue weighted by atomic mass is 35.5. The second kappa shape index (κ2) is 8.93. The number of carboxylic acid groups (broad SMARTS) is 1. The Morgan fingerprint density at radius 2 is 2.06 bits per heavy atom. The number of carboxylic acids is 1. The van der Waals surface area contributed by atoms with Gasteiger partial charge in [0.05, 0.1) is 10.7 Å². The second-order valence-corrected chi connectivity index (χ2v) is 9.29. The lowest BCUT2D eigenvalue weighted by Crippen LogP contribution is -2.70. The molecule has 2 fully saturated rings. The zero-order chi connectivity index (χ0) is 24.0. The molecule has 2 aliphatic heterocycles. The Bertz CT molecular complexity index is 1070. The Balaban J connectivity index is 1.46. The van der Waals surface area contributed by atoms with Gasteiger partial charge in [-0.1, -0.05) is 11.6 Å². The van der Waals surface area contributed by atoms with Crippen molar-refractivity contribution in [2.75, 3.05) is 12.4 Å². The Labute approximate surface area is 195 Å². The second-order valence-electron chi connectivity index (χ2n) is 7.81. The normalized spacial score (nSPS) is 22.2. The molecule has 0 unspecified atom stereocenters. The van der Waals surface area contributed by atoms with Crippen molar-refractivity contribution < 1.29 is 37.8 Å². The molecule has 0 aromatic carbocycles. The number of nitrogens with one attached hydrogen (secondary N) is 1. The van der Waals surface area contributed by atoms with Gasteiger partial charge in [0, 0.05) is 24.2 Å². The molecule has 4 rings (SSSR count). The molecule has 1 aliphatic carbocycles. The number of amides is 2. The molecule has 0 bridgehead atoms. The van der Waals surface area contributed by atoms with Crippen LogP contribution in [-0.4, -0.2) is 67.3 Å². The molecule has 33 heavy (non-hydrogen) atoms.